The fourth-order valence-electron chi connectivity index (χ4n) is 2.25. The van der Waals surface area contributed by atoms with Crippen LogP contribution in [0.15, 0.2) is 17.2 Å². The number of carbonyl (C=O) groups excluding carboxylic acids is 1. The molecule has 2 rings (SSSR count). The minimum Gasteiger partial charge on any atom is -0.493 e. The molecule has 0 radical (unpaired) electrons. The van der Waals surface area contributed by atoms with Gasteiger partial charge in [-0.1, -0.05) is 11.6 Å². The minimum absolute atomic E-state index is 0.144. The minimum atomic E-state index is -0.144. The van der Waals surface area contributed by atoms with E-state index in [9.17, 15) is 4.79 Å². The number of hydrogen-bond acceptors (Lipinski definition) is 5. The Bertz CT molecular complexity index is 574. The van der Waals surface area contributed by atoms with Crippen molar-refractivity contribution in [2.45, 2.75) is 0 Å². The summed E-state index contributed by atoms with van der Waals surface area (Å²) in [6, 6.07) is 3.34. The number of halogens is 1. The number of carbonyl (C=O) groups is 1. The summed E-state index contributed by atoms with van der Waals surface area (Å²) in [5.74, 6) is 0.937. The Labute approximate surface area is 140 Å². The Kier molecular flexibility index (Phi) is 6.64. The predicted molar refractivity (Wildman–Crippen MR) is 86.7 cm³/mol. The van der Waals surface area contributed by atoms with Gasteiger partial charge in [-0.05, 0) is 6.07 Å². The summed E-state index contributed by atoms with van der Waals surface area (Å²) in [6.07, 6.45) is 1.48. The molecule has 0 atom stereocenters. The molecule has 1 heterocycles. The molecule has 1 aromatic rings. The van der Waals surface area contributed by atoms with Crippen molar-refractivity contribution in [2.24, 2.45) is 5.10 Å². The van der Waals surface area contributed by atoms with Crippen LogP contribution in [0.5, 0.6) is 11.5 Å². The average Bonchev–Trinajstić information content (AvgIpc) is 2.56. The smallest absolute Gasteiger partial charge is 0.295 e. The number of rotatable bonds is 6. The number of methoxy groups -OCH3 is 2. The van der Waals surface area contributed by atoms with Gasteiger partial charge in [-0.15, -0.1) is 0 Å². The van der Waals surface area contributed by atoms with Crippen LogP contribution in [-0.4, -0.2) is 59.2 Å². The van der Waals surface area contributed by atoms with Crippen LogP contribution in [0, 0.1) is 0 Å². The Balaban J connectivity index is 1.93. The summed E-state index contributed by atoms with van der Waals surface area (Å²) in [6.45, 7) is 3.41. The van der Waals surface area contributed by atoms with Crippen molar-refractivity contribution in [1.29, 1.82) is 0 Å². The van der Waals surface area contributed by atoms with E-state index < -0.39 is 0 Å². The molecule has 8 heteroatoms. The molecule has 7 nitrogen and oxygen atoms in total. The number of nitrogens with zero attached hydrogens (tertiary/aromatic N) is 1. The molecule has 126 valence electrons. The molecule has 23 heavy (non-hydrogen) atoms. The fraction of sp³-hybridized carbons (Fsp3) is 0.467. The van der Waals surface area contributed by atoms with E-state index in [0.29, 0.717) is 41.8 Å². The normalized spacial score (nSPS) is 15.6. The lowest BCUT2D eigenvalue weighted by Gasteiger charge is -2.22. The van der Waals surface area contributed by atoms with Crippen molar-refractivity contribution in [1.82, 2.24) is 5.43 Å². The molecule has 1 aliphatic rings. The first-order valence-corrected chi connectivity index (χ1v) is 7.66. The van der Waals surface area contributed by atoms with Crippen LogP contribution in [0.2, 0.25) is 5.02 Å². The number of ether oxygens (including phenoxy) is 3. The molecular formula is C15H21ClN3O4+. The van der Waals surface area contributed by atoms with E-state index in [2.05, 4.69) is 10.5 Å². The molecule has 1 aromatic carbocycles. The van der Waals surface area contributed by atoms with Crippen LogP contribution in [0.25, 0.3) is 0 Å². The van der Waals surface area contributed by atoms with Crippen molar-refractivity contribution >= 4 is 23.7 Å². The van der Waals surface area contributed by atoms with Crippen molar-refractivity contribution in [2.75, 3.05) is 47.1 Å². The number of hydrogen-bond donors (Lipinski definition) is 2. The van der Waals surface area contributed by atoms with Gasteiger partial charge in [0, 0.05) is 11.6 Å². The summed E-state index contributed by atoms with van der Waals surface area (Å²) >= 11 is 6.15. The third-order valence-corrected chi connectivity index (χ3v) is 3.83. The molecule has 1 amide bonds. The van der Waals surface area contributed by atoms with Crippen LogP contribution in [-0.2, 0) is 9.53 Å². The van der Waals surface area contributed by atoms with Gasteiger partial charge in [0.2, 0.25) is 0 Å². The number of morpholine rings is 1. The van der Waals surface area contributed by atoms with Crippen LogP contribution in [0.3, 0.4) is 0 Å². The average molecular weight is 343 g/mol. The first-order chi connectivity index (χ1) is 11.1. The molecule has 0 spiro atoms. The van der Waals surface area contributed by atoms with Crippen molar-refractivity contribution < 1.29 is 23.9 Å². The second-order valence-corrected chi connectivity index (χ2v) is 5.47. The van der Waals surface area contributed by atoms with Crippen molar-refractivity contribution in [3.05, 3.63) is 22.7 Å². The zero-order chi connectivity index (χ0) is 16.7. The van der Waals surface area contributed by atoms with E-state index in [-0.39, 0.29) is 5.91 Å². The molecule has 1 saturated heterocycles. The van der Waals surface area contributed by atoms with Crippen LogP contribution in [0.1, 0.15) is 5.56 Å². The fourth-order valence-corrected chi connectivity index (χ4v) is 2.45. The second-order valence-electron chi connectivity index (χ2n) is 5.06. The maximum absolute atomic E-state index is 11.8. The third-order valence-electron chi connectivity index (χ3n) is 3.51. The predicted octanol–water partition coefficient (Wildman–Crippen LogP) is -0.278. The third kappa shape index (κ3) is 5.09. The van der Waals surface area contributed by atoms with Gasteiger partial charge in [0.05, 0.1) is 38.7 Å². The molecule has 1 aliphatic heterocycles. The molecule has 0 saturated carbocycles. The quantitative estimate of drug-likeness (QED) is 0.551. The first-order valence-electron chi connectivity index (χ1n) is 7.28. The van der Waals surface area contributed by atoms with Crippen LogP contribution >= 0.6 is 11.6 Å². The zero-order valence-corrected chi connectivity index (χ0v) is 14.0. The van der Waals surface area contributed by atoms with Crippen LogP contribution in [0.4, 0.5) is 0 Å². The Morgan fingerprint density at radius 1 is 1.35 bits per heavy atom. The molecule has 2 N–H and O–H groups in total. The summed E-state index contributed by atoms with van der Waals surface area (Å²) in [5, 5.41) is 4.41. The molecule has 0 aromatic heterocycles. The summed E-state index contributed by atoms with van der Waals surface area (Å²) in [5.41, 5.74) is 3.14. The van der Waals surface area contributed by atoms with Crippen molar-refractivity contribution in [3.8, 4) is 11.5 Å². The lowest BCUT2D eigenvalue weighted by atomic mass is 10.2. The molecular weight excluding hydrogens is 322 g/mol. The number of amides is 1. The standard InChI is InChI=1S/C15H20ClN3O4/c1-21-13-7-11(12(16)8-14(13)22-2)9-17-18-15(20)10-19-3-5-23-6-4-19/h7-9H,3-6,10H2,1-2H3,(H,18,20)/p+1/b17-9+. The van der Waals surface area contributed by atoms with Gasteiger partial charge in [-0.3, -0.25) is 4.79 Å². The van der Waals surface area contributed by atoms with E-state index in [1.165, 1.54) is 18.2 Å². The van der Waals surface area contributed by atoms with Gasteiger partial charge in [0.25, 0.3) is 5.91 Å². The van der Waals surface area contributed by atoms with E-state index in [1.807, 2.05) is 0 Å². The monoisotopic (exact) mass is 342 g/mol. The number of benzene rings is 1. The molecule has 1 fully saturated rings. The zero-order valence-electron chi connectivity index (χ0n) is 13.2. The Morgan fingerprint density at radius 2 is 2.00 bits per heavy atom. The number of hydrazone groups is 1. The largest absolute Gasteiger partial charge is 0.493 e. The Morgan fingerprint density at radius 3 is 2.65 bits per heavy atom. The maximum atomic E-state index is 11.8. The maximum Gasteiger partial charge on any atom is 0.295 e. The highest BCUT2D eigenvalue weighted by Crippen LogP contribution is 2.32. The first kappa shape index (κ1) is 17.5. The topological polar surface area (TPSA) is 73.6 Å². The van der Waals surface area contributed by atoms with Gasteiger partial charge in [0.15, 0.2) is 18.0 Å². The lowest BCUT2D eigenvalue weighted by Crippen LogP contribution is -3.15. The SMILES string of the molecule is COc1cc(Cl)c(/C=N/NC(=O)C[NH+]2CCOCC2)cc1OC. The summed E-state index contributed by atoms with van der Waals surface area (Å²) in [4.78, 5) is 13.0. The number of quaternary nitrogens is 1. The van der Waals surface area contributed by atoms with Crippen molar-refractivity contribution in [3.63, 3.8) is 0 Å². The van der Waals surface area contributed by atoms with E-state index in [0.717, 1.165) is 13.1 Å². The second kappa shape index (κ2) is 8.71. The summed E-state index contributed by atoms with van der Waals surface area (Å²) < 4.78 is 15.6. The van der Waals surface area contributed by atoms with Crippen LogP contribution < -0.4 is 19.8 Å². The molecule has 0 unspecified atom stereocenters. The van der Waals surface area contributed by atoms with Gasteiger partial charge >= 0.3 is 0 Å². The highest BCUT2D eigenvalue weighted by atomic mass is 35.5. The van der Waals surface area contributed by atoms with E-state index in [1.54, 1.807) is 19.2 Å². The van der Waals surface area contributed by atoms with Gasteiger partial charge in [-0.2, -0.15) is 5.10 Å². The highest BCUT2D eigenvalue weighted by Gasteiger charge is 2.17. The molecule has 0 bridgehead atoms. The Hall–Kier alpha value is -1.83. The van der Waals surface area contributed by atoms with Gasteiger partial charge in [0.1, 0.15) is 13.1 Å². The summed E-state index contributed by atoms with van der Waals surface area (Å²) in [7, 11) is 3.08. The van der Waals surface area contributed by atoms with Gasteiger partial charge in [-0.25, -0.2) is 5.43 Å². The highest BCUT2D eigenvalue weighted by molar-refractivity contribution is 6.33. The lowest BCUT2D eigenvalue weighted by molar-refractivity contribution is -0.900. The number of nitrogens with one attached hydrogen (secondary N) is 2. The molecule has 0 aliphatic carbocycles. The van der Waals surface area contributed by atoms with E-state index in [4.69, 9.17) is 25.8 Å². The van der Waals surface area contributed by atoms with Gasteiger partial charge < -0.3 is 19.1 Å². The van der Waals surface area contributed by atoms with E-state index >= 15 is 0 Å².